The summed E-state index contributed by atoms with van der Waals surface area (Å²) in [7, 11) is 0. The molecule has 0 N–H and O–H groups in total. The van der Waals surface area contributed by atoms with Crippen LogP contribution in [-0.2, 0) is 16.0 Å². The minimum absolute atomic E-state index is 0.191. The molecular weight excluding hydrogens is 394 g/mol. The van der Waals surface area contributed by atoms with Crippen LogP contribution in [0, 0.1) is 0 Å². The summed E-state index contributed by atoms with van der Waals surface area (Å²) in [5.74, 6) is 0.800. The summed E-state index contributed by atoms with van der Waals surface area (Å²) in [6.07, 6.45) is 4.58. The third kappa shape index (κ3) is 3.65. The number of rotatable bonds is 4. The molecule has 0 saturated heterocycles. The number of carbonyl (C=O) groups excluding carboxylic acids is 2. The molecule has 156 valence electrons. The molecule has 0 amide bonds. The monoisotopic (exact) mass is 415 g/mol. The van der Waals surface area contributed by atoms with Crippen LogP contribution in [0.25, 0.3) is 22.6 Å². The average Bonchev–Trinajstić information content (AvgIpc) is 3.24. The van der Waals surface area contributed by atoms with Crippen LogP contribution >= 0.6 is 0 Å². The normalized spacial score (nSPS) is 15.7. The first-order valence-electron chi connectivity index (χ1n) is 10.3. The summed E-state index contributed by atoms with van der Waals surface area (Å²) >= 11 is 0. The van der Waals surface area contributed by atoms with E-state index in [1.54, 1.807) is 0 Å². The van der Waals surface area contributed by atoms with E-state index in [-0.39, 0.29) is 19.2 Å². The summed E-state index contributed by atoms with van der Waals surface area (Å²) in [5.41, 5.74) is 4.99. The Morgan fingerprint density at radius 3 is 2.81 bits per heavy atom. The molecular formula is C25H21NO5. The van der Waals surface area contributed by atoms with E-state index >= 15 is 0 Å². The van der Waals surface area contributed by atoms with Crippen molar-refractivity contribution >= 4 is 34.3 Å². The molecule has 3 aromatic rings. The van der Waals surface area contributed by atoms with Gasteiger partial charge in [-0.3, -0.25) is 4.79 Å². The number of hydrogen-bond donors (Lipinski definition) is 0. The smallest absolute Gasteiger partial charge is 0.339 e. The van der Waals surface area contributed by atoms with Gasteiger partial charge in [0.25, 0.3) is 0 Å². The Kier molecular flexibility index (Phi) is 4.90. The molecule has 0 radical (unpaired) electrons. The zero-order chi connectivity index (χ0) is 21.4. The number of carbonyl (C=O) groups is 2. The number of aromatic nitrogens is 1. The Balaban J connectivity index is 1.63. The van der Waals surface area contributed by atoms with Crippen LogP contribution < -0.4 is 9.47 Å². The molecule has 0 saturated carbocycles. The van der Waals surface area contributed by atoms with Crippen molar-refractivity contribution in [2.45, 2.75) is 26.2 Å². The molecule has 0 spiro atoms. The third-order valence-electron chi connectivity index (χ3n) is 5.52. The number of ether oxygens (including phenoxy) is 3. The van der Waals surface area contributed by atoms with Gasteiger partial charge in [0, 0.05) is 5.39 Å². The Labute approximate surface area is 179 Å². The van der Waals surface area contributed by atoms with Crippen LogP contribution in [0.5, 0.6) is 11.5 Å². The van der Waals surface area contributed by atoms with Gasteiger partial charge in [0.1, 0.15) is 6.61 Å². The molecule has 1 aromatic heterocycles. The molecule has 1 aliphatic heterocycles. The molecule has 2 aromatic carbocycles. The fourth-order valence-electron chi connectivity index (χ4n) is 4.15. The fourth-order valence-corrected chi connectivity index (χ4v) is 4.15. The van der Waals surface area contributed by atoms with Crippen molar-refractivity contribution in [2.75, 3.05) is 13.4 Å². The van der Waals surface area contributed by atoms with Gasteiger partial charge in [0.2, 0.25) is 6.79 Å². The van der Waals surface area contributed by atoms with Gasteiger partial charge in [-0.15, -0.1) is 0 Å². The molecule has 2 heterocycles. The van der Waals surface area contributed by atoms with E-state index in [4.69, 9.17) is 19.2 Å². The molecule has 6 heteroatoms. The quantitative estimate of drug-likeness (QED) is 0.581. The summed E-state index contributed by atoms with van der Waals surface area (Å²) in [6.45, 7) is 1.40. The second kappa shape index (κ2) is 7.87. The first-order valence-corrected chi connectivity index (χ1v) is 10.3. The lowest BCUT2D eigenvalue weighted by Gasteiger charge is -2.22. The summed E-state index contributed by atoms with van der Waals surface area (Å²) in [4.78, 5) is 29.2. The molecule has 6 nitrogen and oxygen atoms in total. The van der Waals surface area contributed by atoms with Crippen LogP contribution in [0.15, 0.2) is 42.5 Å². The maximum absolute atomic E-state index is 13.0. The zero-order valence-electron chi connectivity index (χ0n) is 17.1. The van der Waals surface area contributed by atoms with Gasteiger partial charge < -0.3 is 14.2 Å². The predicted octanol–water partition coefficient (Wildman–Crippen LogP) is 4.59. The van der Waals surface area contributed by atoms with E-state index in [2.05, 4.69) is 6.08 Å². The van der Waals surface area contributed by atoms with E-state index in [0.717, 1.165) is 64.1 Å². The van der Waals surface area contributed by atoms with E-state index in [9.17, 15) is 9.59 Å². The Hall–Kier alpha value is -3.67. The first-order chi connectivity index (χ1) is 15.1. The highest BCUT2D eigenvalue weighted by atomic mass is 16.7. The lowest BCUT2D eigenvalue weighted by molar-refractivity contribution is -0.120. The maximum Gasteiger partial charge on any atom is 0.339 e. The van der Waals surface area contributed by atoms with E-state index in [1.807, 2.05) is 42.5 Å². The first kappa shape index (κ1) is 19.3. The topological polar surface area (TPSA) is 74.7 Å². The minimum atomic E-state index is -0.477. The number of fused-ring (bicyclic) bond motifs is 3. The Bertz CT molecular complexity index is 1240. The van der Waals surface area contributed by atoms with Crippen molar-refractivity contribution in [1.29, 1.82) is 0 Å². The second-order valence-corrected chi connectivity index (χ2v) is 7.75. The van der Waals surface area contributed by atoms with Crippen LogP contribution in [0.1, 0.15) is 46.9 Å². The van der Waals surface area contributed by atoms with Crippen molar-refractivity contribution in [3.63, 3.8) is 0 Å². The molecule has 0 bridgehead atoms. The number of Topliss-reactive ketones (excluding diaryl/α,β-unsaturated/α-hetero) is 1. The molecule has 1 aliphatic carbocycles. The minimum Gasteiger partial charge on any atom is -0.454 e. The second-order valence-electron chi connectivity index (χ2n) is 7.75. The number of pyridine rings is 1. The van der Waals surface area contributed by atoms with Gasteiger partial charge >= 0.3 is 5.97 Å². The maximum atomic E-state index is 13.0. The lowest BCUT2D eigenvalue weighted by Crippen LogP contribution is -2.17. The largest absolute Gasteiger partial charge is 0.454 e. The fraction of sp³-hybridized carbons (Fsp3) is 0.240. The van der Waals surface area contributed by atoms with Gasteiger partial charge in [-0.1, -0.05) is 24.3 Å². The summed E-state index contributed by atoms with van der Waals surface area (Å²) in [6, 6.07) is 13.4. The standard InChI is InChI=1S/C25H21NO5/c1-15(27)13-29-25(28)23-18-6-2-3-8-20(18)26-24-17(5-4-7-19(23)24)11-16-9-10-21-22(12-16)31-14-30-21/h2-3,6,8-12H,4-5,7,13-14H2,1H3. The third-order valence-corrected chi connectivity index (χ3v) is 5.52. The SMILES string of the molecule is CC(=O)COC(=O)c1c2c(nc3ccccc13)C(=Cc1ccc3c(c1)OCO3)CCC2. The Morgan fingerprint density at radius 1 is 1.10 bits per heavy atom. The summed E-state index contributed by atoms with van der Waals surface area (Å²) in [5, 5.41) is 0.749. The number of ketones is 1. The predicted molar refractivity (Wildman–Crippen MR) is 116 cm³/mol. The molecule has 0 unspecified atom stereocenters. The number of hydrogen-bond acceptors (Lipinski definition) is 6. The van der Waals surface area contributed by atoms with E-state index in [1.165, 1.54) is 6.92 Å². The number of esters is 1. The Morgan fingerprint density at radius 2 is 1.94 bits per heavy atom. The van der Waals surface area contributed by atoms with Crippen LogP contribution in [0.3, 0.4) is 0 Å². The van der Waals surface area contributed by atoms with E-state index < -0.39 is 5.97 Å². The highest BCUT2D eigenvalue weighted by molar-refractivity contribution is 6.07. The van der Waals surface area contributed by atoms with Crippen molar-refractivity contribution in [2.24, 2.45) is 0 Å². The van der Waals surface area contributed by atoms with Crippen LogP contribution in [-0.4, -0.2) is 30.1 Å². The van der Waals surface area contributed by atoms with Crippen LogP contribution in [0.4, 0.5) is 0 Å². The van der Waals surface area contributed by atoms with Gasteiger partial charge in [0.15, 0.2) is 17.3 Å². The van der Waals surface area contributed by atoms with Crippen molar-refractivity contribution in [3.8, 4) is 11.5 Å². The lowest BCUT2D eigenvalue weighted by atomic mass is 9.86. The van der Waals surface area contributed by atoms with Crippen molar-refractivity contribution < 1.29 is 23.8 Å². The number of benzene rings is 2. The highest BCUT2D eigenvalue weighted by Gasteiger charge is 2.26. The van der Waals surface area contributed by atoms with E-state index in [0.29, 0.717) is 5.56 Å². The zero-order valence-corrected chi connectivity index (χ0v) is 17.1. The van der Waals surface area contributed by atoms with Crippen molar-refractivity contribution in [1.82, 2.24) is 4.98 Å². The molecule has 2 aliphatic rings. The molecule has 0 atom stereocenters. The molecule has 5 rings (SSSR count). The molecule has 0 fully saturated rings. The number of para-hydroxylation sites is 1. The average molecular weight is 415 g/mol. The van der Waals surface area contributed by atoms with Gasteiger partial charge in [0.05, 0.1) is 16.8 Å². The summed E-state index contributed by atoms with van der Waals surface area (Å²) < 4.78 is 16.2. The van der Waals surface area contributed by atoms with Gasteiger partial charge in [-0.05, 0) is 67.2 Å². The van der Waals surface area contributed by atoms with Gasteiger partial charge in [-0.2, -0.15) is 0 Å². The van der Waals surface area contributed by atoms with Crippen molar-refractivity contribution in [3.05, 3.63) is 64.8 Å². The number of allylic oxidation sites excluding steroid dienone is 1. The van der Waals surface area contributed by atoms with Gasteiger partial charge in [-0.25, -0.2) is 9.78 Å². The molecule has 31 heavy (non-hydrogen) atoms. The number of nitrogens with zero attached hydrogens (tertiary/aromatic N) is 1. The van der Waals surface area contributed by atoms with Crippen LogP contribution in [0.2, 0.25) is 0 Å². The highest BCUT2D eigenvalue weighted by Crippen LogP contribution is 2.38.